The van der Waals surface area contributed by atoms with Crippen LogP contribution in [-0.2, 0) is 4.79 Å². The topological polar surface area (TPSA) is 114 Å². The molecule has 1 atom stereocenters. The summed E-state index contributed by atoms with van der Waals surface area (Å²) in [7, 11) is 0. The number of hydrogen-bond acceptors (Lipinski definition) is 6. The third-order valence-electron chi connectivity index (χ3n) is 4.83. The first-order valence-corrected chi connectivity index (χ1v) is 9.90. The quantitative estimate of drug-likeness (QED) is 0.532. The zero-order valence-corrected chi connectivity index (χ0v) is 17.5. The highest BCUT2D eigenvalue weighted by atomic mass is 35.5. The fourth-order valence-electron chi connectivity index (χ4n) is 3.20. The van der Waals surface area contributed by atoms with Gasteiger partial charge in [0.25, 0.3) is 23.6 Å². The molecule has 4 rings (SSSR count). The highest BCUT2D eigenvalue weighted by molar-refractivity contribution is 6.43. The first-order valence-electron chi connectivity index (χ1n) is 9.14. The molecule has 0 aromatic heterocycles. The van der Waals surface area contributed by atoms with E-state index in [2.05, 4.69) is 10.9 Å². The lowest BCUT2D eigenvalue weighted by molar-refractivity contribution is -0.125. The monoisotopic (exact) mass is 463 g/mol. The fourth-order valence-corrected chi connectivity index (χ4v) is 3.53. The minimum absolute atomic E-state index is 0.0550. The standard InChI is InChI=1S/C20H15Cl2N3O6/c1-9(25-19(28)11-7-13(21)14(22)8-12(11)20(25)29)17(26)23-24-18(27)10-2-3-15-16(6-10)31-5-4-30-15/h2-3,6-9H,4-5H2,1H3,(H,23,26)(H,24,27)/t9-/m0/s1. The molecule has 0 saturated carbocycles. The summed E-state index contributed by atoms with van der Waals surface area (Å²) in [5.74, 6) is -1.80. The van der Waals surface area contributed by atoms with Gasteiger partial charge in [-0.25, -0.2) is 0 Å². The Morgan fingerprint density at radius 2 is 1.52 bits per heavy atom. The third kappa shape index (κ3) is 3.77. The predicted octanol–water partition coefficient (Wildman–Crippen LogP) is 2.21. The van der Waals surface area contributed by atoms with Gasteiger partial charge in [-0.15, -0.1) is 0 Å². The molecule has 0 aliphatic carbocycles. The molecule has 11 heteroatoms. The van der Waals surface area contributed by atoms with Gasteiger partial charge in [-0.2, -0.15) is 0 Å². The number of imide groups is 1. The van der Waals surface area contributed by atoms with Gasteiger partial charge in [-0.05, 0) is 37.3 Å². The van der Waals surface area contributed by atoms with Crippen molar-refractivity contribution in [2.75, 3.05) is 13.2 Å². The Hall–Kier alpha value is -3.30. The molecular weight excluding hydrogens is 449 g/mol. The molecule has 0 saturated heterocycles. The van der Waals surface area contributed by atoms with Crippen molar-refractivity contribution in [3.05, 3.63) is 57.1 Å². The largest absolute Gasteiger partial charge is 0.486 e. The summed E-state index contributed by atoms with van der Waals surface area (Å²) < 4.78 is 10.8. The molecule has 4 amide bonds. The van der Waals surface area contributed by atoms with Gasteiger partial charge >= 0.3 is 0 Å². The zero-order chi connectivity index (χ0) is 22.3. The van der Waals surface area contributed by atoms with Crippen molar-refractivity contribution in [1.82, 2.24) is 15.8 Å². The van der Waals surface area contributed by atoms with E-state index in [1.807, 2.05) is 0 Å². The Balaban J connectivity index is 1.43. The normalized spacial score (nSPS) is 15.4. The van der Waals surface area contributed by atoms with Crippen LogP contribution in [0.5, 0.6) is 11.5 Å². The first-order chi connectivity index (χ1) is 14.8. The predicted molar refractivity (Wildman–Crippen MR) is 109 cm³/mol. The van der Waals surface area contributed by atoms with Crippen LogP contribution in [0.2, 0.25) is 10.0 Å². The number of fused-ring (bicyclic) bond motifs is 2. The van der Waals surface area contributed by atoms with Crippen LogP contribution in [0, 0.1) is 0 Å². The molecule has 0 bridgehead atoms. The third-order valence-corrected chi connectivity index (χ3v) is 5.55. The SMILES string of the molecule is C[C@@H](C(=O)NNC(=O)c1ccc2c(c1)OCCO2)N1C(=O)c2cc(Cl)c(Cl)cc2C1=O. The van der Waals surface area contributed by atoms with Crippen LogP contribution in [0.15, 0.2) is 30.3 Å². The van der Waals surface area contributed by atoms with Gasteiger partial charge in [-0.3, -0.25) is 34.9 Å². The van der Waals surface area contributed by atoms with Gasteiger partial charge in [0.2, 0.25) is 0 Å². The van der Waals surface area contributed by atoms with Crippen LogP contribution < -0.4 is 20.3 Å². The minimum atomic E-state index is -1.20. The number of benzene rings is 2. The van der Waals surface area contributed by atoms with Gasteiger partial charge in [0, 0.05) is 5.56 Å². The van der Waals surface area contributed by atoms with E-state index in [-0.39, 0.29) is 26.7 Å². The van der Waals surface area contributed by atoms with E-state index in [9.17, 15) is 19.2 Å². The molecule has 2 aromatic carbocycles. The van der Waals surface area contributed by atoms with Crippen LogP contribution >= 0.6 is 23.2 Å². The highest BCUT2D eigenvalue weighted by Gasteiger charge is 2.41. The van der Waals surface area contributed by atoms with Gasteiger partial charge in [0.1, 0.15) is 19.3 Å². The zero-order valence-electron chi connectivity index (χ0n) is 16.0. The lowest BCUT2D eigenvalue weighted by Crippen LogP contribution is -2.52. The Morgan fingerprint density at radius 1 is 0.935 bits per heavy atom. The molecule has 2 aromatic rings. The number of hydrazine groups is 1. The second kappa shape index (κ2) is 8.09. The Labute approximate surface area is 186 Å². The van der Waals surface area contributed by atoms with E-state index in [0.717, 1.165) is 4.90 Å². The number of carbonyl (C=O) groups is 4. The van der Waals surface area contributed by atoms with Crippen LogP contribution in [0.1, 0.15) is 38.0 Å². The average molecular weight is 464 g/mol. The van der Waals surface area contributed by atoms with Crippen molar-refractivity contribution in [3.63, 3.8) is 0 Å². The number of amides is 4. The van der Waals surface area contributed by atoms with E-state index in [4.69, 9.17) is 32.7 Å². The maximum atomic E-state index is 12.6. The second-order valence-corrected chi connectivity index (χ2v) is 7.58. The molecule has 160 valence electrons. The van der Waals surface area contributed by atoms with E-state index in [1.54, 1.807) is 6.07 Å². The first kappa shape index (κ1) is 21.0. The molecule has 2 heterocycles. The average Bonchev–Trinajstić information content (AvgIpc) is 3.00. The summed E-state index contributed by atoms with van der Waals surface area (Å²) in [6.45, 7) is 2.14. The molecule has 9 nitrogen and oxygen atoms in total. The van der Waals surface area contributed by atoms with E-state index in [1.165, 1.54) is 31.2 Å². The number of ether oxygens (including phenoxy) is 2. The lowest BCUT2D eigenvalue weighted by Gasteiger charge is -2.22. The van der Waals surface area contributed by atoms with Crippen molar-refractivity contribution in [3.8, 4) is 11.5 Å². The molecule has 0 spiro atoms. The van der Waals surface area contributed by atoms with Crippen LogP contribution in [0.3, 0.4) is 0 Å². The van der Waals surface area contributed by atoms with Crippen LogP contribution in [-0.4, -0.2) is 47.8 Å². The van der Waals surface area contributed by atoms with Crippen molar-refractivity contribution in [2.24, 2.45) is 0 Å². The maximum Gasteiger partial charge on any atom is 0.269 e. The summed E-state index contributed by atoms with van der Waals surface area (Å²) >= 11 is 11.8. The van der Waals surface area contributed by atoms with Gasteiger partial charge < -0.3 is 9.47 Å². The number of halogens is 2. The summed E-state index contributed by atoms with van der Waals surface area (Å²) in [6, 6.07) is 5.95. The van der Waals surface area contributed by atoms with E-state index in [0.29, 0.717) is 24.7 Å². The van der Waals surface area contributed by atoms with Crippen molar-refractivity contribution < 1.29 is 28.7 Å². The van der Waals surface area contributed by atoms with Crippen LogP contribution in [0.4, 0.5) is 0 Å². The molecule has 2 N–H and O–H groups in total. The molecule has 2 aliphatic heterocycles. The fraction of sp³-hybridized carbons (Fsp3) is 0.200. The second-order valence-electron chi connectivity index (χ2n) is 6.77. The van der Waals surface area contributed by atoms with E-state index >= 15 is 0 Å². The molecule has 0 radical (unpaired) electrons. The Bertz CT molecular complexity index is 1100. The number of nitrogens with zero attached hydrogens (tertiary/aromatic N) is 1. The lowest BCUT2D eigenvalue weighted by atomic mass is 10.1. The van der Waals surface area contributed by atoms with Crippen molar-refractivity contribution >= 4 is 46.8 Å². The van der Waals surface area contributed by atoms with Crippen molar-refractivity contribution in [2.45, 2.75) is 13.0 Å². The molecule has 2 aliphatic rings. The van der Waals surface area contributed by atoms with Crippen molar-refractivity contribution in [1.29, 1.82) is 0 Å². The molecule has 0 unspecified atom stereocenters. The van der Waals surface area contributed by atoms with Crippen LogP contribution in [0.25, 0.3) is 0 Å². The number of rotatable bonds is 3. The van der Waals surface area contributed by atoms with Gasteiger partial charge in [-0.1, -0.05) is 23.2 Å². The van der Waals surface area contributed by atoms with E-state index < -0.39 is 29.7 Å². The smallest absolute Gasteiger partial charge is 0.269 e. The van der Waals surface area contributed by atoms with Gasteiger partial charge in [0.05, 0.1) is 21.2 Å². The number of carbonyl (C=O) groups excluding carboxylic acids is 4. The summed E-state index contributed by atoms with van der Waals surface area (Å²) in [5, 5.41) is 0.236. The van der Waals surface area contributed by atoms with Gasteiger partial charge in [0.15, 0.2) is 11.5 Å². The summed E-state index contributed by atoms with van der Waals surface area (Å²) in [4.78, 5) is 50.9. The maximum absolute atomic E-state index is 12.6. The number of nitrogens with one attached hydrogen (secondary N) is 2. The molecule has 0 fully saturated rings. The highest BCUT2D eigenvalue weighted by Crippen LogP contribution is 2.33. The molecular formula is C20H15Cl2N3O6. The summed E-state index contributed by atoms with van der Waals surface area (Å²) in [5.41, 5.74) is 4.81. The summed E-state index contributed by atoms with van der Waals surface area (Å²) in [6.07, 6.45) is 0. The molecule has 31 heavy (non-hydrogen) atoms. The Kier molecular flexibility index (Phi) is 5.47. The minimum Gasteiger partial charge on any atom is -0.486 e. The Morgan fingerprint density at radius 3 is 2.13 bits per heavy atom. The number of hydrogen-bond donors (Lipinski definition) is 2.